The number of nitrogens with zero attached hydrogens (tertiary/aromatic N) is 3. The lowest BCUT2D eigenvalue weighted by molar-refractivity contribution is 0.383. The van der Waals surface area contributed by atoms with Crippen molar-refractivity contribution in [3.8, 4) is 0 Å². The van der Waals surface area contributed by atoms with Crippen LogP contribution in [0.1, 0.15) is 6.92 Å². The highest BCUT2D eigenvalue weighted by molar-refractivity contribution is 7.89. The van der Waals surface area contributed by atoms with Gasteiger partial charge in [0.05, 0.1) is 16.1 Å². The monoisotopic (exact) mass is 405 g/mol. The summed E-state index contributed by atoms with van der Waals surface area (Å²) in [4.78, 5) is 13.7. The summed E-state index contributed by atoms with van der Waals surface area (Å²) in [5.41, 5.74) is 1.29. The van der Waals surface area contributed by atoms with Crippen LogP contribution in [0.3, 0.4) is 0 Å². The maximum atomic E-state index is 14.0. The molecule has 1 aliphatic heterocycles. The molecule has 0 bridgehead atoms. The van der Waals surface area contributed by atoms with E-state index >= 15 is 0 Å². The Balaban J connectivity index is 1.57. The molecule has 148 valence electrons. The van der Waals surface area contributed by atoms with Gasteiger partial charge < -0.3 is 9.32 Å². The molecular formula is C19H20FN3O4S. The SMILES string of the molecule is CCn1c(=O)oc2cc(S(=O)(=O)N3CCN(c4ccccc4F)CC3)ccc21. The van der Waals surface area contributed by atoms with E-state index in [2.05, 4.69) is 0 Å². The zero-order valence-corrected chi connectivity index (χ0v) is 16.2. The fourth-order valence-corrected chi connectivity index (χ4v) is 4.97. The second kappa shape index (κ2) is 7.06. The van der Waals surface area contributed by atoms with Crippen molar-refractivity contribution in [3.05, 3.63) is 58.8 Å². The molecule has 2 aromatic carbocycles. The van der Waals surface area contributed by atoms with E-state index in [1.165, 1.54) is 27.1 Å². The van der Waals surface area contributed by atoms with E-state index in [4.69, 9.17) is 4.42 Å². The van der Waals surface area contributed by atoms with Crippen LogP contribution in [0.4, 0.5) is 10.1 Å². The van der Waals surface area contributed by atoms with Gasteiger partial charge in [-0.25, -0.2) is 17.6 Å². The van der Waals surface area contributed by atoms with Crippen molar-refractivity contribution in [2.75, 3.05) is 31.1 Å². The van der Waals surface area contributed by atoms with Gasteiger partial charge in [-0.2, -0.15) is 4.31 Å². The van der Waals surface area contributed by atoms with Crippen molar-refractivity contribution in [2.24, 2.45) is 0 Å². The molecule has 0 saturated carbocycles. The smallest absolute Gasteiger partial charge is 0.408 e. The van der Waals surface area contributed by atoms with Crippen molar-refractivity contribution < 1.29 is 17.2 Å². The van der Waals surface area contributed by atoms with E-state index in [0.717, 1.165) is 0 Å². The predicted molar refractivity (Wildman–Crippen MR) is 104 cm³/mol. The Morgan fingerprint density at radius 2 is 1.79 bits per heavy atom. The van der Waals surface area contributed by atoms with Crippen molar-refractivity contribution >= 4 is 26.8 Å². The topological polar surface area (TPSA) is 75.8 Å². The zero-order chi connectivity index (χ0) is 19.9. The van der Waals surface area contributed by atoms with Gasteiger partial charge >= 0.3 is 5.76 Å². The lowest BCUT2D eigenvalue weighted by Crippen LogP contribution is -2.48. The molecule has 1 aromatic heterocycles. The van der Waals surface area contributed by atoms with E-state index in [9.17, 15) is 17.6 Å². The van der Waals surface area contributed by atoms with Crippen LogP contribution in [0.15, 0.2) is 56.6 Å². The zero-order valence-electron chi connectivity index (χ0n) is 15.3. The van der Waals surface area contributed by atoms with Crippen molar-refractivity contribution in [1.82, 2.24) is 8.87 Å². The highest BCUT2D eigenvalue weighted by Crippen LogP contribution is 2.25. The van der Waals surface area contributed by atoms with Crippen LogP contribution in [-0.2, 0) is 16.6 Å². The number of halogens is 1. The normalized spacial score (nSPS) is 16.0. The van der Waals surface area contributed by atoms with Crippen LogP contribution in [-0.4, -0.2) is 43.5 Å². The predicted octanol–water partition coefficient (Wildman–Crippen LogP) is 2.26. The number of aryl methyl sites for hydroxylation is 1. The third kappa shape index (κ3) is 3.10. The molecule has 0 radical (unpaired) electrons. The molecule has 2 heterocycles. The van der Waals surface area contributed by atoms with Crippen LogP contribution in [0.5, 0.6) is 0 Å². The minimum absolute atomic E-state index is 0.0799. The summed E-state index contributed by atoms with van der Waals surface area (Å²) in [6, 6.07) is 10.9. The molecule has 3 aromatic rings. The van der Waals surface area contributed by atoms with Gasteiger partial charge in [0.15, 0.2) is 5.58 Å². The number of oxazole rings is 1. The summed E-state index contributed by atoms with van der Waals surface area (Å²) < 4.78 is 48.0. The van der Waals surface area contributed by atoms with Crippen LogP contribution >= 0.6 is 0 Å². The number of fused-ring (bicyclic) bond motifs is 1. The third-order valence-corrected chi connectivity index (χ3v) is 6.92. The van der Waals surface area contributed by atoms with Gasteiger partial charge in [0, 0.05) is 38.8 Å². The fraction of sp³-hybridized carbons (Fsp3) is 0.316. The largest absolute Gasteiger partial charge is 0.419 e. The first-order valence-corrected chi connectivity index (χ1v) is 10.5. The van der Waals surface area contributed by atoms with Gasteiger partial charge in [-0.1, -0.05) is 12.1 Å². The number of sulfonamides is 1. The molecule has 0 atom stereocenters. The Labute approximate surface area is 161 Å². The van der Waals surface area contributed by atoms with E-state index < -0.39 is 15.8 Å². The number of piperazine rings is 1. The summed E-state index contributed by atoms with van der Waals surface area (Å²) in [6.07, 6.45) is 0. The Kier molecular flexibility index (Phi) is 4.72. The fourth-order valence-electron chi connectivity index (χ4n) is 3.53. The number of rotatable bonds is 4. The highest BCUT2D eigenvalue weighted by Gasteiger charge is 2.30. The van der Waals surface area contributed by atoms with E-state index in [1.807, 2.05) is 11.8 Å². The number of anilines is 1. The minimum Gasteiger partial charge on any atom is -0.408 e. The quantitative estimate of drug-likeness (QED) is 0.666. The summed E-state index contributed by atoms with van der Waals surface area (Å²) in [6.45, 7) is 3.53. The number of aromatic nitrogens is 1. The third-order valence-electron chi connectivity index (χ3n) is 5.03. The molecule has 28 heavy (non-hydrogen) atoms. The van der Waals surface area contributed by atoms with Gasteiger partial charge in [0.2, 0.25) is 10.0 Å². The Hall–Kier alpha value is -2.65. The highest BCUT2D eigenvalue weighted by atomic mass is 32.2. The maximum absolute atomic E-state index is 14.0. The molecule has 0 aliphatic carbocycles. The van der Waals surface area contributed by atoms with Crippen LogP contribution in [0.25, 0.3) is 11.1 Å². The van der Waals surface area contributed by atoms with Crippen LogP contribution in [0.2, 0.25) is 0 Å². The van der Waals surface area contributed by atoms with Crippen molar-refractivity contribution in [3.63, 3.8) is 0 Å². The van der Waals surface area contributed by atoms with E-state index in [1.54, 1.807) is 24.3 Å². The summed E-state index contributed by atoms with van der Waals surface area (Å²) >= 11 is 0. The molecule has 0 unspecified atom stereocenters. The number of benzene rings is 2. The van der Waals surface area contributed by atoms with E-state index in [0.29, 0.717) is 30.8 Å². The molecule has 7 nitrogen and oxygen atoms in total. The second-order valence-electron chi connectivity index (χ2n) is 6.58. The lowest BCUT2D eigenvalue weighted by Gasteiger charge is -2.35. The first-order chi connectivity index (χ1) is 13.4. The molecule has 9 heteroatoms. The molecule has 0 amide bonds. The molecule has 4 rings (SSSR count). The summed E-state index contributed by atoms with van der Waals surface area (Å²) in [5.74, 6) is -0.828. The van der Waals surface area contributed by atoms with Gasteiger partial charge in [-0.05, 0) is 31.2 Å². The van der Waals surface area contributed by atoms with Gasteiger partial charge in [-0.3, -0.25) is 4.57 Å². The maximum Gasteiger partial charge on any atom is 0.419 e. The van der Waals surface area contributed by atoms with Crippen LogP contribution in [0, 0.1) is 5.82 Å². The van der Waals surface area contributed by atoms with Gasteiger partial charge in [0.1, 0.15) is 5.82 Å². The van der Waals surface area contributed by atoms with Gasteiger partial charge in [0.25, 0.3) is 0 Å². The Bertz CT molecular complexity index is 1180. The average Bonchev–Trinajstić information content (AvgIpc) is 3.02. The Morgan fingerprint density at radius 3 is 2.46 bits per heavy atom. The summed E-state index contributed by atoms with van der Waals surface area (Å²) in [7, 11) is -3.74. The standard InChI is InChI=1S/C19H20FN3O4S/c1-2-23-17-8-7-14(13-18(17)27-19(23)24)28(25,26)22-11-9-21(10-12-22)16-6-4-3-5-15(16)20/h3-8,13H,2,9-12H2,1H3. The van der Waals surface area contributed by atoms with Crippen LogP contribution < -0.4 is 10.7 Å². The number of hydrogen-bond acceptors (Lipinski definition) is 5. The van der Waals surface area contributed by atoms with Crippen molar-refractivity contribution in [2.45, 2.75) is 18.4 Å². The van der Waals surface area contributed by atoms with E-state index in [-0.39, 0.29) is 29.4 Å². The lowest BCUT2D eigenvalue weighted by atomic mass is 10.2. The second-order valence-corrected chi connectivity index (χ2v) is 8.52. The van der Waals surface area contributed by atoms with Crippen molar-refractivity contribution in [1.29, 1.82) is 0 Å². The minimum atomic E-state index is -3.74. The average molecular weight is 405 g/mol. The molecule has 0 N–H and O–H groups in total. The molecule has 1 fully saturated rings. The molecular weight excluding hydrogens is 385 g/mol. The number of hydrogen-bond donors (Lipinski definition) is 0. The molecule has 1 aliphatic rings. The molecule has 1 saturated heterocycles. The first kappa shape index (κ1) is 18.7. The summed E-state index contributed by atoms with van der Waals surface area (Å²) in [5, 5.41) is 0. The number of para-hydroxylation sites is 1. The van der Waals surface area contributed by atoms with Gasteiger partial charge in [-0.15, -0.1) is 0 Å². The molecule has 0 spiro atoms. The Morgan fingerprint density at radius 1 is 1.07 bits per heavy atom. The first-order valence-electron chi connectivity index (χ1n) is 9.05.